The van der Waals surface area contributed by atoms with Crippen molar-refractivity contribution in [2.24, 2.45) is 0 Å². The normalized spacial score (nSPS) is 15.6. The third kappa shape index (κ3) is 2.50. The molecule has 0 N–H and O–H groups in total. The van der Waals surface area contributed by atoms with Gasteiger partial charge in [0.15, 0.2) is 5.60 Å². The van der Waals surface area contributed by atoms with Crippen LogP contribution in [-0.2, 0) is 14.3 Å². The Morgan fingerprint density at radius 1 is 1.45 bits per heavy atom. The SMILES string of the molecule is CCC[C@](C)(OC)C(=O)OC. The minimum absolute atomic E-state index is 0.304. The van der Waals surface area contributed by atoms with Gasteiger partial charge in [-0.25, -0.2) is 4.79 Å². The zero-order valence-corrected chi connectivity index (χ0v) is 7.64. The smallest absolute Gasteiger partial charge is 0.337 e. The molecule has 0 amide bonds. The van der Waals surface area contributed by atoms with E-state index < -0.39 is 5.60 Å². The molecular weight excluding hydrogens is 144 g/mol. The number of hydrogen-bond donors (Lipinski definition) is 0. The molecule has 11 heavy (non-hydrogen) atoms. The molecule has 0 aliphatic carbocycles. The van der Waals surface area contributed by atoms with E-state index in [1.807, 2.05) is 6.92 Å². The van der Waals surface area contributed by atoms with Gasteiger partial charge in [0.25, 0.3) is 0 Å². The largest absolute Gasteiger partial charge is 0.467 e. The van der Waals surface area contributed by atoms with E-state index in [0.29, 0.717) is 6.42 Å². The Morgan fingerprint density at radius 3 is 2.27 bits per heavy atom. The maximum atomic E-state index is 11.1. The standard InChI is InChI=1S/C8H16O3/c1-5-6-8(2,11-4)7(9)10-3/h5-6H2,1-4H3/t8-/m0/s1. The van der Waals surface area contributed by atoms with E-state index in [0.717, 1.165) is 6.42 Å². The molecule has 0 fully saturated rings. The number of hydrogen-bond acceptors (Lipinski definition) is 3. The topological polar surface area (TPSA) is 35.5 Å². The second kappa shape index (κ2) is 4.34. The van der Waals surface area contributed by atoms with Crippen LogP contribution in [0.15, 0.2) is 0 Å². The zero-order valence-electron chi connectivity index (χ0n) is 7.64. The molecule has 3 nitrogen and oxygen atoms in total. The number of carbonyl (C=O) groups excluding carboxylic acids is 1. The number of ether oxygens (including phenoxy) is 2. The van der Waals surface area contributed by atoms with Gasteiger partial charge in [-0.15, -0.1) is 0 Å². The summed E-state index contributed by atoms with van der Waals surface area (Å²) in [6.07, 6.45) is 1.59. The predicted octanol–water partition coefficient (Wildman–Crippen LogP) is 1.36. The van der Waals surface area contributed by atoms with Gasteiger partial charge in [-0.1, -0.05) is 13.3 Å². The molecule has 0 bridgehead atoms. The molecule has 0 unspecified atom stereocenters. The first-order chi connectivity index (χ1) is 5.10. The molecule has 0 rings (SSSR count). The molecule has 0 heterocycles. The minimum Gasteiger partial charge on any atom is -0.467 e. The molecule has 0 aromatic rings. The van der Waals surface area contributed by atoms with Gasteiger partial charge >= 0.3 is 5.97 Å². The van der Waals surface area contributed by atoms with Crippen LogP contribution >= 0.6 is 0 Å². The van der Waals surface area contributed by atoms with Crippen molar-refractivity contribution in [3.05, 3.63) is 0 Å². The third-order valence-corrected chi connectivity index (χ3v) is 1.79. The van der Waals surface area contributed by atoms with E-state index in [1.54, 1.807) is 6.92 Å². The van der Waals surface area contributed by atoms with Crippen LogP contribution in [0.4, 0.5) is 0 Å². The lowest BCUT2D eigenvalue weighted by molar-refractivity contribution is -0.164. The summed E-state index contributed by atoms with van der Waals surface area (Å²) in [5.74, 6) is -0.304. The number of methoxy groups -OCH3 is 2. The van der Waals surface area contributed by atoms with Crippen molar-refractivity contribution < 1.29 is 14.3 Å². The lowest BCUT2D eigenvalue weighted by atomic mass is 10.0. The molecule has 0 aromatic heterocycles. The molecule has 0 aromatic carbocycles. The van der Waals surface area contributed by atoms with Crippen molar-refractivity contribution in [3.63, 3.8) is 0 Å². The number of esters is 1. The number of carbonyl (C=O) groups is 1. The first-order valence-corrected chi connectivity index (χ1v) is 3.74. The molecule has 0 spiro atoms. The molecule has 0 saturated carbocycles. The third-order valence-electron chi connectivity index (χ3n) is 1.79. The molecule has 3 heteroatoms. The van der Waals surface area contributed by atoms with Crippen molar-refractivity contribution in [1.82, 2.24) is 0 Å². The van der Waals surface area contributed by atoms with Gasteiger partial charge in [0.2, 0.25) is 0 Å². The monoisotopic (exact) mass is 160 g/mol. The van der Waals surface area contributed by atoms with Crippen LogP contribution in [0.25, 0.3) is 0 Å². The molecule has 0 aliphatic rings. The van der Waals surface area contributed by atoms with Crippen LogP contribution < -0.4 is 0 Å². The molecule has 0 aliphatic heterocycles. The molecular formula is C8H16O3. The van der Waals surface area contributed by atoms with Crippen LogP contribution in [0.1, 0.15) is 26.7 Å². The highest BCUT2D eigenvalue weighted by atomic mass is 16.6. The predicted molar refractivity (Wildman–Crippen MR) is 42.3 cm³/mol. The van der Waals surface area contributed by atoms with Gasteiger partial charge < -0.3 is 9.47 Å². The van der Waals surface area contributed by atoms with Crippen molar-refractivity contribution in [2.45, 2.75) is 32.3 Å². The highest BCUT2D eigenvalue weighted by molar-refractivity contribution is 5.78. The van der Waals surface area contributed by atoms with E-state index >= 15 is 0 Å². The van der Waals surface area contributed by atoms with Crippen molar-refractivity contribution in [2.75, 3.05) is 14.2 Å². The van der Waals surface area contributed by atoms with E-state index in [1.165, 1.54) is 14.2 Å². The molecule has 0 saturated heterocycles. The summed E-state index contributed by atoms with van der Waals surface area (Å²) < 4.78 is 9.65. The van der Waals surface area contributed by atoms with Gasteiger partial charge in [-0.3, -0.25) is 0 Å². The summed E-state index contributed by atoms with van der Waals surface area (Å²) in [5, 5.41) is 0. The van der Waals surface area contributed by atoms with E-state index in [-0.39, 0.29) is 5.97 Å². The zero-order chi connectivity index (χ0) is 8.91. The van der Waals surface area contributed by atoms with Gasteiger partial charge in [-0.05, 0) is 13.3 Å². The lowest BCUT2D eigenvalue weighted by Gasteiger charge is -2.23. The summed E-state index contributed by atoms with van der Waals surface area (Å²) in [6, 6.07) is 0. The fraction of sp³-hybridized carbons (Fsp3) is 0.875. The fourth-order valence-corrected chi connectivity index (χ4v) is 0.980. The first-order valence-electron chi connectivity index (χ1n) is 3.74. The van der Waals surface area contributed by atoms with Crippen molar-refractivity contribution in [3.8, 4) is 0 Å². The summed E-state index contributed by atoms with van der Waals surface area (Å²) in [4.78, 5) is 11.1. The number of rotatable bonds is 4. The Kier molecular flexibility index (Phi) is 4.11. The second-order valence-corrected chi connectivity index (χ2v) is 2.68. The van der Waals surface area contributed by atoms with Gasteiger partial charge in [0.1, 0.15) is 0 Å². The Bertz CT molecular complexity index is 133. The van der Waals surface area contributed by atoms with E-state index in [4.69, 9.17) is 4.74 Å². The Morgan fingerprint density at radius 2 is 2.00 bits per heavy atom. The summed E-state index contributed by atoms with van der Waals surface area (Å²) >= 11 is 0. The average molecular weight is 160 g/mol. The molecule has 66 valence electrons. The van der Waals surface area contributed by atoms with E-state index in [9.17, 15) is 4.79 Å². The summed E-state index contributed by atoms with van der Waals surface area (Å²) in [5.41, 5.74) is -0.760. The van der Waals surface area contributed by atoms with Crippen LogP contribution in [0.2, 0.25) is 0 Å². The summed E-state index contributed by atoms with van der Waals surface area (Å²) in [6.45, 7) is 3.74. The van der Waals surface area contributed by atoms with Gasteiger partial charge in [-0.2, -0.15) is 0 Å². The Balaban J connectivity index is 4.19. The average Bonchev–Trinajstić information content (AvgIpc) is 2.03. The van der Waals surface area contributed by atoms with E-state index in [2.05, 4.69) is 4.74 Å². The maximum Gasteiger partial charge on any atom is 0.337 e. The van der Waals surface area contributed by atoms with Crippen LogP contribution in [0.5, 0.6) is 0 Å². The van der Waals surface area contributed by atoms with Crippen molar-refractivity contribution in [1.29, 1.82) is 0 Å². The van der Waals surface area contributed by atoms with Crippen LogP contribution in [-0.4, -0.2) is 25.8 Å². The molecule has 0 radical (unpaired) electrons. The Labute approximate surface area is 67.7 Å². The first kappa shape index (κ1) is 10.4. The van der Waals surface area contributed by atoms with Crippen molar-refractivity contribution >= 4 is 5.97 Å². The van der Waals surface area contributed by atoms with Gasteiger partial charge in [0, 0.05) is 7.11 Å². The molecule has 1 atom stereocenters. The lowest BCUT2D eigenvalue weighted by Crippen LogP contribution is -2.38. The highest BCUT2D eigenvalue weighted by Crippen LogP contribution is 2.17. The Hall–Kier alpha value is -0.570. The minimum atomic E-state index is -0.760. The second-order valence-electron chi connectivity index (χ2n) is 2.68. The van der Waals surface area contributed by atoms with Gasteiger partial charge in [0.05, 0.1) is 7.11 Å². The fourth-order valence-electron chi connectivity index (χ4n) is 0.980. The summed E-state index contributed by atoms with van der Waals surface area (Å²) in [7, 11) is 2.89. The van der Waals surface area contributed by atoms with Crippen LogP contribution in [0, 0.1) is 0 Å². The quantitative estimate of drug-likeness (QED) is 0.582. The van der Waals surface area contributed by atoms with Crippen LogP contribution in [0.3, 0.4) is 0 Å². The maximum absolute atomic E-state index is 11.1. The highest BCUT2D eigenvalue weighted by Gasteiger charge is 2.32.